The monoisotopic (exact) mass is 345 g/mol. The molecule has 1 fully saturated rings. The molecule has 0 aromatic heterocycles. The van der Waals surface area contributed by atoms with Gasteiger partial charge in [0.1, 0.15) is 5.75 Å². The Kier molecular flexibility index (Phi) is 7.15. The molecule has 6 heteroatoms. The second-order valence-corrected chi connectivity index (χ2v) is 7.15. The van der Waals surface area contributed by atoms with Gasteiger partial charge in [-0.1, -0.05) is 30.9 Å². The zero-order chi connectivity index (χ0) is 15.9. The van der Waals surface area contributed by atoms with E-state index in [1.807, 2.05) is 25.1 Å². The quantitative estimate of drug-likeness (QED) is 0.735. The van der Waals surface area contributed by atoms with E-state index in [9.17, 15) is 4.21 Å². The summed E-state index contributed by atoms with van der Waals surface area (Å²) in [6.07, 6.45) is 5.74. The van der Waals surface area contributed by atoms with Crippen LogP contribution in [0.5, 0.6) is 5.75 Å². The minimum absolute atomic E-state index is 0.513. The zero-order valence-electron chi connectivity index (χ0n) is 12.9. The molecule has 1 aliphatic carbocycles. The van der Waals surface area contributed by atoms with Gasteiger partial charge in [-0.2, -0.15) is 0 Å². The van der Waals surface area contributed by atoms with E-state index in [0.717, 1.165) is 22.8 Å². The van der Waals surface area contributed by atoms with Gasteiger partial charge in [0.25, 0.3) is 0 Å². The minimum Gasteiger partial charge on any atom is -0.493 e. The summed E-state index contributed by atoms with van der Waals surface area (Å²) >= 11 is 4.11. The average Bonchev–Trinajstić information content (AvgIpc) is 2.49. The van der Waals surface area contributed by atoms with Crippen molar-refractivity contribution in [3.05, 3.63) is 28.8 Å². The van der Waals surface area contributed by atoms with Crippen molar-refractivity contribution < 1.29 is 13.5 Å². The minimum atomic E-state index is -1.91. The molecule has 3 atom stereocenters. The predicted molar refractivity (Wildman–Crippen MR) is 90.5 cm³/mol. The Morgan fingerprint density at radius 2 is 2.09 bits per heavy atom. The van der Waals surface area contributed by atoms with E-state index < -0.39 is 11.3 Å². The smallest absolute Gasteiger partial charge is 0.231 e. The van der Waals surface area contributed by atoms with Crippen molar-refractivity contribution >= 4 is 22.9 Å². The summed E-state index contributed by atoms with van der Waals surface area (Å²) in [5, 5.41) is 0.756. The Labute approximate surface area is 140 Å². The molecule has 124 valence electrons. The van der Waals surface area contributed by atoms with Crippen LogP contribution in [0.3, 0.4) is 0 Å². The first-order valence-corrected chi connectivity index (χ1v) is 9.28. The topological polar surface area (TPSA) is 58.6 Å². The third-order valence-electron chi connectivity index (χ3n) is 4.40. The maximum absolute atomic E-state index is 10.7. The van der Waals surface area contributed by atoms with Crippen molar-refractivity contribution in [2.24, 2.45) is 11.8 Å². The van der Waals surface area contributed by atoms with Crippen molar-refractivity contribution in [3.63, 3.8) is 0 Å². The molecule has 0 bridgehead atoms. The highest BCUT2D eigenvalue weighted by Gasteiger charge is 2.25. The van der Waals surface area contributed by atoms with Gasteiger partial charge in [-0.05, 0) is 55.4 Å². The average molecular weight is 346 g/mol. The van der Waals surface area contributed by atoms with Crippen LogP contribution in [0.1, 0.15) is 37.7 Å². The predicted octanol–water partition coefficient (Wildman–Crippen LogP) is 3.95. The summed E-state index contributed by atoms with van der Waals surface area (Å²) < 4.78 is 28.0. The van der Waals surface area contributed by atoms with Crippen molar-refractivity contribution in [1.82, 2.24) is 4.72 Å². The second kappa shape index (κ2) is 8.87. The fourth-order valence-corrected chi connectivity index (χ4v) is 3.54. The van der Waals surface area contributed by atoms with Gasteiger partial charge in [0.05, 0.1) is 6.61 Å². The Hall–Kier alpha value is -0.620. The normalized spacial score (nSPS) is 23.2. The van der Waals surface area contributed by atoms with Crippen LogP contribution in [-0.4, -0.2) is 21.9 Å². The number of halogens is 1. The number of nitrogens with one attached hydrogen (secondary N) is 1. The standard InChI is InChI=1S/C16H24ClNO3S/c1-12-10-15(6-7-16(12)17)21-11-14-5-3-2-4-13(14)8-9-18-22(19)20/h6-7,10,13-14,18H,2-5,8-9,11H2,1H3,(H,19,20). The first-order chi connectivity index (χ1) is 10.6. The summed E-state index contributed by atoms with van der Waals surface area (Å²) in [6, 6.07) is 5.74. The summed E-state index contributed by atoms with van der Waals surface area (Å²) in [6.45, 7) is 3.25. The van der Waals surface area contributed by atoms with E-state index in [1.54, 1.807) is 0 Å². The number of ether oxygens (including phenoxy) is 1. The molecular weight excluding hydrogens is 322 g/mol. The molecule has 1 aliphatic rings. The van der Waals surface area contributed by atoms with Gasteiger partial charge in [-0.25, -0.2) is 8.93 Å². The number of rotatable bonds is 7. The fraction of sp³-hybridized carbons (Fsp3) is 0.625. The molecule has 0 spiro atoms. The third-order valence-corrected chi connectivity index (χ3v) is 5.28. The molecule has 1 aromatic carbocycles. The van der Waals surface area contributed by atoms with Gasteiger partial charge in [0, 0.05) is 11.6 Å². The molecule has 2 rings (SSSR count). The summed E-state index contributed by atoms with van der Waals surface area (Å²) in [5.74, 6) is 1.93. The van der Waals surface area contributed by atoms with Crippen LogP contribution in [0.25, 0.3) is 0 Å². The molecule has 4 nitrogen and oxygen atoms in total. The number of hydrogen-bond donors (Lipinski definition) is 2. The number of hydrogen-bond acceptors (Lipinski definition) is 2. The highest BCUT2D eigenvalue weighted by Crippen LogP contribution is 2.33. The molecule has 0 amide bonds. The maximum Gasteiger partial charge on any atom is 0.231 e. The zero-order valence-corrected chi connectivity index (χ0v) is 14.5. The molecular formula is C16H24ClNO3S. The molecule has 0 radical (unpaired) electrons. The van der Waals surface area contributed by atoms with E-state index in [-0.39, 0.29) is 0 Å². The molecule has 22 heavy (non-hydrogen) atoms. The Balaban J connectivity index is 1.85. The second-order valence-electron chi connectivity index (χ2n) is 5.96. The van der Waals surface area contributed by atoms with Crippen molar-refractivity contribution in [2.75, 3.05) is 13.2 Å². The lowest BCUT2D eigenvalue weighted by molar-refractivity contribution is 0.143. The highest BCUT2D eigenvalue weighted by molar-refractivity contribution is 7.77. The lowest BCUT2D eigenvalue weighted by Crippen LogP contribution is -2.29. The van der Waals surface area contributed by atoms with E-state index in [1.165, 1.54) is 25.7 Å². The molecule has 0 heterocycles. The van der Waals surface area contributed by atoms with Crippen LogP contribution in [0.4, 0.5) is 0 Å². The number of benzene rings is 1. The van der Waals surface area contributed by atoms with Crippen molar-refractivity contribution in [1.29, 1.82) is 0 Å². The van der Waals surface area contributed by atoms with Crippen LogP contribution >= 0.6 is 11.6 Å². The van der Waals surface area contributed by atoms with Gasteiger partial charge in [-0.3, -0.25) is 4.55 Å². The van der Waals surface area contributed by atoms with Gasteiger partial charge < -0.3 is 4.74 Å². The van der Waals surface area contributed by atoms with Crippen LogP contribution in [0, 0.1) is 18.8 Å². The van der Waals surface area contributed by atoms with Gasteiger partial charge in [0.2, 0.25) is 11.3 Å². The highest BCUT2D eigenvalue weighted by atomic mass is 35.5. The Morgan fingerprint density at radius 1 is 1.36 bits per heavy atom. The summed E-state index contributed by atoms with van der Waals surface area (Å²) in [7, 11) is 0. The summed E-state index contributed by atoms with van der Waals surface area (Å²) in [5.41, 5.74) is 1.02. The van der Waals surface area contributed by atoms with Crippen LogP contribution in [-0.2, 0) is 11.3 Å². The maximum atomic E-state index is 10.7. The third kappa shape index (κ3) is 5.54. The van der Waals surface area contributed by atoms with Crippen LogP contribution < -0.4 is 9.46 Å². The Morgan fingerprint density at radius 3 is 2.77 bits per heavy atom. The van der Waals surface area contributed by atoms with Gasteiger partial charge in [-0.15, -0.1) is 0 Å². The first kappa shape index (κ1) is 17.7. The molecule has 2 N–H and O–H groups in total. The molecule has 1 aromatic rings. The van der Waals surface area contributed by atoms with Gasteiger partial charge in [0.15, 0.2) is 0 Å². The molecule has 1 saturated carbocycles. The Bertz CT molecular complexity index is 512. The van der Waals surface area contributed by atoms with E-state index in [0.29, 0.717) is 25.0 Å². The summed E-state index contributed by atoms with van der Waals surface area (Å²) in [4.78, 5) is 0. The first-order valence-electron chi connectivity index (χ1n) is 7.79. The molecule has 0 aliphatic heterocycles. The van der Waals surface area contributed by atoms with Crippen LogP contribution in [0.15, 0.2) is 18.2 Å². The largest absolute Gasteiger partial charge is 0.493 e. The van der Waals surface area contributed by atoms with Crippen molar-refractivity contribution in [3.8, 4) is 5.75 Å². The SMILES string of the molecule is Cc1cc(OCC2CCCCC2CCNS(=O)O)ccc1Cl. The lowest BCUT2D eigenvalue weighted by Gasteiger charge is -2.31. The molecule has 3 unspecified atom stereocenters. The fourth-order valence-electron chi connectivity index (χ4n) is 3.13. The van der Waals surface area contributed by atoms with Crippen molar-refractivity contribution in [2.45, 2.75) is 39.0 Å². The van der Waals surface area contributed by atoms with Crippen LogP contribution in [0.2, 0.25) is 5.02 Å². The van der Waals surface area contributed by atoms with E-state index in [4.69, 9.17) is 20.9 Å². The van der Waals surface area contributed by atoms with E-state index >= 15 is 0 Å². The molecule has 0 saturated heterocycles. The number of aryl methyl sites for hydroxylation is 1. The lowest BCUT2D eigenvalue weighted by atomic mass is 9.78. The van der Waals surface area contributed by atoms with E-state index in [2.05, 4.69) is 4.72 Å². The van der Waals surface area contributed by atoms with Gasteiger partial charge >= 0.3 is 0 Å².